The summed E-state index contributed by atoms with van der Waals surface area (Å²) in [5, 5.41) is 8.81. The number of hydrogen-bond donors (Lipinski definition) is 2. The van der Waals surface area contributed by atoms with Crippen LogP contribution in [0.1, 0.15) is 19.4 Å². The minimum atomic E-state index is -3.38. The third-order valence-electron chi connectivity index (χ3n) is 2.32. The van der Waals surface area contributed by atoms with Crippen LogP contribution in [-0.4, -0.2) is 25.2 Å². The van der Waals surface area contributed by atoms with E-state index in [-0.39, 0.29) is 11.3 Å². The quantitative estimate of drug-likeness (QED) is 0.800. The van der Waals surface area contributed by atoms with Crippen LogP contribution in [0.5, 0.6) is 0 Å². The van der Waals surface area contributed by atoms with E-state index in [1.807, 2.05) is 0 Å². The molecule has 0 fully saturated rings. The summed E-state index contributed by atoms with van der Waals surface area (Å²) in [5.74, 6) is -1.08. The number of para-hydroxylation sites is 1. The van der Waals surface area contributed by atoms with E-state index in [2.05, 4.69) is 4.72 Å². The first-order chi connectivity index (χ1) is 8.35. The van der Waals surface area contributed by atoms with Gasteiger partial charge in [-0.2, -0.15) is 0 Å². The van der Waals surface area contributed by atoms with Crippen LogP contribution in [0.3, 0.4) is 0 Å². The van der Waals surface area contributed by atoms with Gasteiger partial charge in [0.1, 0.15) is 0 Å². The van der Waals surface area contributed by atoms with E-state index in [9.17, 15) is 13.2 Å². The molecule has 0 amide bonds. The van der Waals surface area contributed by atoms with Gasteiger partial charge >= 0.3 is 5.97 Å². The lowest BCUT2D eigenvalue weighted by atomic mass is 10.1. The zero-order valence-corrected chi connectivity index (χ0v) is 11.0. The Kier molecular flexibility index (Phi) is 4.49. The lowest BCUT2D eigenvalue weighted by molar-refractivity contribution is -0.132. The summed E-state index contributed by atoms with van der Waals surface area (Å²) in [6, 6.07) is 6.64. The first-order valence-electron chi connectivity index (χ1n) is 5.37. The molecule has 0 aliphatic carbocycles. The molecule has 0 saturated carbocycles. The van der Waals surface area contributed by atoms with Crippen molar-refractivity contribution < 1.29 is 18.3 Å². The largest absolute Gasteiger partial charge is 0.478 e. The van der Waals surface area contributed by atoms with Crippen molar-refractivity contribution in [3.05, 3.63) is 35.4 Å². The molecule has 0 radical (unpaired) electrons. The highest BCUT2D eigenvalue weighted by Crippen LogP contribution is 2.19. The standard InChI is InChI=1S/C12H15NO4S/c1-3-18(16,17)13-11-7-5-4-6-10(11)8-9(2)12(14)15/h4-8,13H,3H2,1-2H3,(H,14,15). The summed E-state index contributed by atoms with van der Waals surface area (Å²) in [5.41, 5.74) is 1.03. The third-order valence-corrected chi connectivity index (χ3v) is 3.61. The predicted molar refractivity (Wildman–Crippen MR) is 70.8 cm³/mol. The molecule has 0 spiro atoms. The smallest absolute Gasteiger partial charge is 0.331 e. The first kappa shape index (κ1) is 14.2. The molecule has 0 bridgehead atoms. The molecular formula is C12H15NO4S. The molecule has 0 atom stereocenters. The average molecular weight is 269 g/mol. The van der Waals surface area contributed by atoms with E-state index in [1.54, 1.807) is 24.3 Å². The molecule has 0 aliphatic rings. The topological polar surface area (TPSA) is 83.5 Å². The van der Waals surface area contributed by atoms with Crippen molar-refractivity contribution in [3.63, 3.8) is 0 Å². The number of nitrogens with one attached hydrogen (secondary N) is 1. The lowest BCUT2D eigenvalue weighted by Crippen LogP contribution is -2.15. The molecule has 1 aromatic carbocycles. The summed E-state index contributed by atoms with van der Waals surface area (Å²) in [7, 11) is -3.38. The third kappa shape index (κ3) is 3.89. The van der Waals surface area contributed by atoms with E-state index < -0.39 is 16.0 Å². The molecule has 1 aromatic rings. The van der Waals surface area contributed by atoms with Crippen molar-refractivity contribution in [2.45, 2.75) is 13.8 Å². The van der Waals surface area contributed by atoms with Gasteiger partial charge in [-0.3, -0.25) is 4.72 Å². The van der Waals surface area contributed by atoms with Crippen LogP contribution in [0, 0.1) is 0 Å². The Morgan fingerprint density at radius 2 is 2.00 bits per heavy atom. The van der Waals surface area contributed by atoms with Gasteiger partial charge in [0.2, 0.25) is 10.0 Å². The second-order valence-electron chi connectivity index (χ2n) is 3.73. The summed E-state index contributed by atoms with van der Waals surface area (Å²) in [6.45, 7) is 2.98. The second kappa shape index (κ2) is 5.68. The number of sulfonamides is 1. The number of anilines is 1. The maximum Gasteiger partial charge on any atom is 0.331 e. The highest BCUT2D eigenvalue weighted by atomic mass is 32.2. The number of carbonyl (C=O) groups is 1. The molecule has 1 rings (SSSR count). The van der Waals surface area contributed by atoms with Gasteiger partial charge in [-0.1, -0.05) is 18.2 Å². The van der Waals surface area contributed by atoms with Gasteiger partial charge < -0.3 is 5.11 Å². The van der Waals surface area contributed by atoms with Crippen LogP contribution in [0.2, 0.25) is 0 Å². The minimum Gasteiger partial charge on any atom is -0.478 e. The van der Waals surface area contributed by atoms with Crippen molar-refractivity contribution in [2.24, 2.45) is 0 Å². The van der Waals surface area contributed by atoms with Gasteiger partial charge in [0.05, 0.1) is 11.4 Å². The highest BCUT2D eigenvalue weighted by Gasteiger charge is 2.10. The van der Waals surface area contributed by atoms with E-state index in [0.29, 0.717) is 11.3 Å². The van der Waals surface area contributed by atoms with Gasteiger partial charge in [-0.15, -0.1) is 0 Å². The highest BCUT2D eigenvalue weighted by molar-refractivity contribution is 7.92. The number of aliphatic carboxylic acids is 1. The molecule has 0 saturated heterocycles. The maximum absolute atomic E-state index is 11.5. The number of hydrogen-bond acceptors (Lipinski definition) is 3. The fraction of sp³-hybridized carbons (Fsp3) is 0.250. The van der Waals surface area contributed by atoms with Crippen LogP contribution in [0.4, 0.5) is 5.69 Å². The number of benzene rings is 1. The lowest BCUT2D eigenvalue weighted by Gasteiger charge is -2.09. The Hall–Kier alpha value is -1.82. The Labute approximate surface area is 106 Å². The number of rotatable bonds is 5. The average Bonchev–Trinajstić information content (AvgIpc) is 2.31. The van der Waals surface area contributed by atoms with Crippen molar-refractivity contribution in [2.75, 3.05) is 10.5 Å². The molecule has 18 heavy (non-hydrogen) atoms. The predicted octanol–water partition coefficient (Wildman–Crippen LogP) is 1.94. The molecule has 0 aromatic heterocycles. The SMILES string of the molecule is CCS(=O)(=O)Nc1ccccc1C=C(C)C(=O)O. The minimum absolute atomic E-state index is 0.0387. The Morgan fingerprint density at radius 3 is 2.56 bits per heavy atom. The first-order valence-corrected chi connectivity index (χ1v) is 7.02. The van der Waals surface area contributed by atoms with Crippen molar-refractivity contribution in [1.82, 2.24) is 0 Å². The van der Waals surface area contributed by atoms with E-state index in [1.165, 1.54) is 19.9 Å². The number of carboxylic acid groups (broad SMARTS) is 1. The van der Waals surface area contributed by atoms with E-state index in [0.717, 1.165) is 0 Å². The fourth-order valence-corrected chi connectivity index (χ4v) is 1.92. The van der Waals surface area contributed by atoms with Gasteiger partial charge in [0.15, 0.2) is 0 Å². The van der Waals surface area contributed by atoms with Gasteiger partial charge in [0, 0.05) is 5.57 Å². The van der Waals surface area contributed by atoms with Crippen LogP contribution in [0.25, 0.3) is 6.08 Å². The van der Waals surface area contributed by atoms with Crippen LogP contribution < -0.4 is 4.72 Å². The summed E-state index contributed by atoms with van der Waals surface area (Å²) < 4.78 is 25.4. The normalized spacial score (nSPS) is 12.2. The van der Waals surface area contributed by atoms with Gasteiger partial charge in [0.25, 0.3) is 0 Å². The maximum atomic E-state index is 11.5. The van der Waals surface area contributed by atoms with Crippen molar-refractivity contribution in [1.29, 1.82) is 0 Å². The van der Waals surface area contributed by atoms with Crippen molar-refractivity contribution in [3.8, 4) is 0 Å². The Balaban J connectivity index is 3.16. The summed E-state index contributed by atoms with van der Waals surface area (Å²) >= 11 is 0. The Morgan fingerprint density at radius 1 is 1.39 bits per heavy atom. The van der Waals surface area contributed by atoms with Crippen molar-refractivity contribution >= 4 is 27.8 Å². The molecule has 5 nitrogen and oxygen atoms in total. The molecular weight excluding hydrogens is 254 g/mol. The van der Waals surface area contributed by atoms with Gasteiger partial charge in [-0.25, -0.2) is 13.2 Å². The van der Waals surface area contributed by atoms with E-state index >= 15 is 0 Å². The number of carboxylic acids is 1. The van der Waals surface area contributed by atoms with Crippen LogP contribution in [0.15, 0.2) is 29.8 Å². The molecule has 0 aliphatic heterocycles. The molecule has 0 unspecified atom stereocenters. The Bertz CT molecular complexity index is 575. The zero-order chi connectivity index (χ0) is 13.8. The fourth-order valence-electron chi connectivity index (χ4n) is 1.25. The zero-order valence-electron chi connectivity index (χ0n) is 10.2. The monoisotopic (exact) mass is 269 g/mol. The second-order valence-corrected chi connectivity index (χ2v) is 5.74. The molecule has 2 N–H and O–H groups in total. The molecule has 0 heterocycles. The summed E-state index contributed by atoms with van der Waals surface area (Å²) in [4.78, 5) is 10.7. The molecule has 98 valence electrons. The van der Waals surface area contributed by atoms with E-state index in [4.69, 9.17) is 5.11 Å². The van der Waals surface area contributed by atoms with Crippen LogP contribution >= 0.6 is 0 Å². The summed E-state index contributed by atoms with van der Waals surface area (Å²) in [6.07, 6.45) is 1.43. The van der Waals surface area contributed by atoms with Crippen LogP contribution in [-0.2, 0) is 14.8 Å². The molecule has 6 heteroatoms. The van der Waals surface area contributed by atoms with Gasteiger partial charge in [-0.05, 0) is 31.6 Å².